The zero-order chi connectivity index (χ0) is 17.4. The van der Waals surface area contributed by atoms with Gasteiger partial charge in [-0.05, 0) is 42.2 Å². The molecule has 0 aliphatic rings. The van der Waals surface area contributed by atoms with E-state index in [-0.39, 0.29) is 18.0 Å². The summed E-state index contributed by atoms with van der Waals surface area (Å²) in [5, 5.41) is 0. The Kier molecular flexibility index (Phi) is 6.44. The van der Waals surface area contributed by atoms with Crippen LogP contribution in [0.2, 0.25) is 0 Å². The Morgan fingerprint density at radius 1 is 0.792 bits per heavy atom. The molecule has 0 aromatic heterocycles. The van der Waals surface area contributed by atoms with Crippen LogP contribution in [0.5, 0.6) is 0 Å². The van der Waals surface area contributed by atoms with Crippen molar-refractivity contribution in [2.24, 2.45) is 0 Å². The highest BCUT2D eigenvalue weighted by Crippen LogP contribution is 2.08. The van der Waals surface area contributed by atoms with Crippen LogP contribution in [0.3, 0.4) is 0 Å². The van der Waals surface area contributed by atoms with E-state index in [1.807, 2.05) is 55.5 Å². The van der Waals surface area contributed by atoms with Crippen molar-refractivity contribution in [1.82, 2.24) is 0 Å². The molecule has 0 atom stereocenters. The van der Waals surface area contributed by atoms with E-state index < -0.39 is 0 Å². The van der Waals surface area contributed by atoms with Crippen LogP contribution in [0.15, 0.2) is 60.7 Å². The summed E-state index contributed by atoms with van der Waals surface area (Å²) in [4.78, 5) is 23.7. The first kappa shape index (κ1) is 17.6. The summed E-state index contributed by atoms with van der Waals surface area (Å²) in [6, 6.07) is 15.9. The molecule has 2 nitrogen and oxygen atoms in total. The minimum absolute atomic E-state index is 0.105. The molecule has 0 aliphatic carbocycles. The molecule has 0 aliphatic heterocycles. The molecule has 0 N–H and O–H groups in total. The van der Waals surface area contributed by atoms with Gasteiger partial charge in [0.15, 0.2) is 11.6 Å². The molecule has 0 fully saturated rings. The third-order valence-corrected chi connectivity index (χ3v) is 3.74. The highest BCUT2D eigenvalue weighted by Gasteiger charge is 2.03. The maximum Gasteiger partial charge on any atom is 0.163 e. The molecule has 0 saturated carbocycles. The van der Waals surface area contributed by atoms with Gasteiger partial charge in [-0.3, -0.25) is 9.59 Å². The summed E-state index contributed by atoms with van der Waals surface area (Å²) in [7, 11) is 0. The lowest BCUT2D eigenvalue weighted by Crippen LogP contribution is -2.01. The Morgan fingerprint density at radius 3 is 1.71 bits per heavy atom. The molecule has 2 aromatic rings. The number of aryl methyl sites for hydroxylation is 2. The maximum absolute atomic E-state index is 11.9. The van der Waals surface area contributed by atoms with Gasteiger partial charge >= 0.3 is 0 Å². The average Bonchev–Trinajstić information content (AvgIpc) is 2.60. The van der Waals surface area contributed by atoms with Crippen molar-refractivity contribution in [1.29, 1.82) is 0 Å². The Labute approximate surface area is 143 Å². The van der Waals surface area contributed by atoms with E-state index in [4.69, 9.17) is 0 Å². The Morgan fingerprint density at radius 2 is 1.25 bits per heavy atom. The van der Waals surface area contributed by atoms with Gasteiger partial charge in [-0.1, -0.05) is 73.2 Å². The highest BCUT2D eigenvalue weighted by atomic mass is 16.1. The molecule has 0 bridgehead atoms. The quantitative estimate of drug-likeness (QED) is 0.542. The number of ketones is 2. The molecule has 0 amide bonds. The van der Waals surface area contributed by atoms with Crippen molar-refractivity contribution in [3.05, 3.63) is 82.9 Å². The number of benzene rings is 2. The molecule has 0 radical (unpaired) electrons. The Hall–Kier alpha value is -2.74. The third kappa shape index (κ3) is 5.81. The fourth-order valence-electron chi connectivity index (χ4n) is 2.21. The van der Waals surface area contributed by atoms with Crippen LogP contribution in [-0.4, -0.2) is 11.6 Å². The van der Waals surface area contributed by atoms with Crippen molar-refractivity contribution in [3.63, 3.8) is 0 Å². The van der Waals surface area contributed by atoms with Crippen LogP contribution in [0.25, 0.3) is 12.2 Å². The van der Waals surface area contributed by atoms with E-state index in [0.29, 0.717) is 0 Å². The summed E-state index contributed by atoms with van der Waals surface area (Å²) in [5.74, 6) is -0.375. The van der Waals surface area contributed by atoms with Crippen LogP contribution in [0.1, 0.15) is 35.6 Å². The predicted molar refractivity (Wildman–Crippen MR) is 99.7 cm³/mol. The van der Waals surface area contributed by atoms with Crippen LogP contribution in [0, 0.1) is 6.92 Å². The molecule has 122 valence electrons. The van der Waals surface area contributed by atoms with Gasteiger partial charge in [0.2, 0.25) is 0 Å². The molecule has 0 unspecified atom stereocenters. The summed E-state index contributed by atoms with van der Waals surface area (Å²) in [6.45, 7) is 4.11. The Bertz CT molecular complexity index is 748. The van der Waals surface area contributed by atoms with Gasteiger partial charge in [0.1, 0.15) is 0 Å². The molecular weight excluding hydrogens is 296 g/mol. The zero-order valence-electron chi connectivity index (χ0n) is 14.2. The number of carbonyl (C=O) groups is 2. The largest absolute Gasteiger partial charge is 0.294 e. The second-order valence-corrected chi connectivity index (χ2v) is 5.78. The van der Waals surface area contributed by atoms with E-state index in [0.717, 1.165) is 17.5 Å². The summed E-state index contributed by atoms with van der Waals surface area (Å²) >= 11 is 0. The minimum Gasteiger partial charge on any atom is -0.294 e. The topological polar surface area (TPSA) is 34.1 Å². The first-order valence-corrected chi connectivity index (χ1v) is 8.14. The monoisotopic (exact) mass is 318 g/mol. The molecule has 2 rings (SSSR count). The van der Waals surface area contributed by atoms with E-state index >= 15 is 0 Å². The lowest BCUT2D eigenvalue weighted by Gasteiger charge is -1.97. The van der Waals surface area contributed by atoms with Crippen LogP contribution in [0.4, 0.5) is 0 Å². The SMILES string of the molecule is CCc1ccc(/C=C/C(=O)CC(=O)/C=C/c2ccc(C)cc2)cc1. The van der Waals surface area contributed by atoms with Gasteiger partial charge in [0, 0.05) is 0 Å². The average molecular weight is 318 g/mol. The lowest BCUT2D eigenvalue weighted by atomic mass is 10.1. The van der Waals surface area contributed by atoms with Gasteiger partial charge in [-0.25, -0.2) is 0 Å². The van der Waals surface area contributed by atoms with Crippen molar-refractivity contribution in [2.75, 3.05) is 0 Å². The van der Waals surface area contributed by atoms with Gasteiger partial charge in [0.05, 0.1) is 6.42 Å². The van der Waals surface area contributed by atoms with Gasteiger partial charge in [-0.2, -0.15) is 0 Å². The fourth-order valence-corrected chi connectivity index (χ4v) is 2.21. The predicted octanol–water partition coefficient (Wildman–Crippen LogP) is 4.81. The van der Waals surface area contributed by atoms with E-state index in [1.54, 1.807) is 12.2 Å². The Balaban J connectivity index is 1.87. The van der Waals surface area contributed by atoms with Gasteiger partial charge in [0.25, 0.3) is 0 Å². The number of allylic oxidation sites excluding steroid dienone is 2. The number of carbonyl (C=O) groups excluding carboxylic acids is 2. The lowest BCUT2D eigenvalue weighted by molar-refractivity contribution is -0.121. The summed E-state index contributed by atoms with van der Waals surface area (Å²) in [5.41, 5.74) is 4.34. The molecule has 0 saturated heterocycles. The van der Waals surface area contributed by atoms with Crippen molar-refractivity contribution in [2.45, 2.75) is 26.7 Å². The smallest absolute Gasteiger partial charge is 0.163 e. The second-order valence-electron chi connectivity index (χ2n) is 5.78. The molecule has 2 heteroatoms. The standard InChI is InChI=1S/C22H22O2/c1-3-18-8-10-20(11-9-18)13-15-22(24)16-21(23)14-12-19-6-4-17(2)5-7-19/h4-15H,3,16H2,1-2H3/b14-12+,15-13+. The van der Waals surface area contributed by atoms with Crippen molar-refractivity contribution in [3.8, 4) is 0 Å². The summed E-state index contributed by atoms with van der Waals surface area (Å²) < 4.78 is 0. The molecule has 0 heterocycles. The molecule has 24 heavy (non-hydrogen) atoms. The van der Waals surface area contributed by atoms with Crippen molar-refractivity contribution >= 4 is 23.7 Å². The fraction of sp³-hybridized carbons (Fsp3) is 0.182. The maximum atomic E-state index is 11.9. The number of hydrogen-bond acceptors (Lipinski definition) is 2. The zero-order valence-corrected chi connectivity index (χ0v) is 14.2. The first-order valence-electron chi connectivity index (χ1n) is 8.14. The normalized spacial score (nSPS) is 11.2. The second kappa shape index (κ2) is 8.78. The van der Waals surface area contributed by atoms with Gasteiger partial charge in [-0.15, -0.1) is 0 Å². The van der Waals surface area contributed by atoms with Crippen molar-refractivity contribution < 1.29 is 9.59 Å². The molecular formula is C22H22O2. The first-order chi connectivity index (χ1) is 11.6. The minimum atomic E-state index is -0.188. The van der Waals surface area contributed by atoms with E-state index in [9.17, 15) is 9.59 Å². The van der Waals surface area contributed by atoms with Crippen LogP contribution in [-0.2, 0) is 16.0 Å². The molecule has 0 spiro atoms. The van der Waals surface area contributed by atoms with Gasteiger partial charge < -0.3 is 0 Å². The van der Waals surface area contributed by atoms with Crippen LogP contribution >= 0.6 is 0 Å². The van der Waals surface area contributed by atoms with E-state index in [2.05, 4.69) is 6.92 Å². The van der Waals surface area contributed by atoms with E-state index in [1.165, 1.54) is 23.3 Å². The molecule has 2 aromatic carbocycles. The summed E-state index contributed by atoms with van der Waals surface area (Å²) in [6.07, 6.45) is 7.31. The van der Waals surface area contributed by atoms with Crippen LogP contribution < -0.4 is 0 Å². The highest BCUT2D eigenvalue weighted by molar-refractivity contribution is 6.10. The third-order valence-electron chi connectivity index (χ3n) is 3.74. The number of hydrogen-bond donors (Lipinski definition) is 0. The number of rotatable bonds is 7.